The van der Waals surface area contributed by atoms with E-state index in [1.807, 2.05) is 24.8 Å². The van der Waals surface area contributed by atoms with Gasteiger partial charge in [0.25, 0.3) is 0 Å². The van der Waals surface area contributed by atoms with Gasteiger partial charge in [-0.1, -0.05) is 12.8 Å². The van der Waals surface area contributed by atoms with E-state index in [2.05, 4.69) is 4.57 Å². The van der Waals surface area contributed by atoms with Crippen LogP contribution in [0.5, 0.6) is 0 Å². The molecule has 2 saturated heterocycles. The van der Waals surface area contributed by atoms with Gasteiger partial charge < -0.3 is 14.4 Å². The summed E-state index contributed by atoms with van der Waals surface area (Å²) >= 11 is 0. The number of aromatic nitrogens is 1. The van der Waals surface area contributed by atoms with Gasteiger partial charge in [0.05, 0.1) is 6.54 Å². The van der Waals surface area contributed by atoms with Gasteiger partial charge in [-0.05, 0) is 45.6 Å². The maximum absolute atomic E-state index is 13.1. The predicted octanol–water partition coefficient (Wildman–Crippen LogP) is 3.10. The first kappa shape index (κ1) is 24.8. The van der Waals surface area contributed by atoms with E-state index in [-0.39, 0.29) is 25.3 Å². The third kappa shape index (κ3) is 4.87. The zero-order valence-electron chi connectivity index (χ0n) is 19.9. The fraction of sp³-hybridized carbons (Fsp3) is 0.708. The number of carbonyl (C=O) groups is 3. The molecular weight excluding hydrogens is 449 g/mol. The Kier molecular flexibility index (Phi) is 7.07. The largest absolute Gasteiger partial charge is 0.471 e. The Morgan fingerprint density at radius 2 is 1.59 bits per heavy atom. The molecule has 1 saturated carbocycles. The minimum atomic E-state index is -4.98. The number of nitrogens with zero attached hydrogens (tertiary/aromatic N) is 4. The molecule has 2 amide bonds. The average Bonchev–Trinajstić information content (AvgIpc) is 3.53. The highest BCUT2D eigenvalue weighted by molar-refractivity contribution is 5.99. The van der Waals surface area contributed by atoms with Crippen molar-refractivity contribution in [2.45, 2.75) is 70.6 Å². The van der Waals surface area contributed by atoms with E-state index in [4.69, 9.17) is 0 Å². The van der Waals surface area contributed by atoms with E-state index >= 15 is 0 Å². The van der Waals surface area contributed by atoms with Crippen molar-refractivity contribution in [3.05, 3.63) is 23.0 Å². The SMILES string of the molecule is Cc1cc(C(=O)CN2CCN(C(=O)C3CCCN3C(=O)C(F)(F)F)CC2)c(C)n1C1CCCC1. The molecule has 1 aromatic heterocycles. The Morgan fingerprint density at radius 1 is 0.941 bits per heavy atom. The highest BCUT2D eigenvalue weighted by Crippen LogP contribution is 2.33. The minimum Gasteiger partial charge on any atom is -0.345 e. The van der Waals surface area contributed by atoms with Crippen molar-refractivity contribution >= 4 is 17.6 Å². The molecule has 7 nitrogen and oxygen atoms in total. The van der Waals surface area contributed by atoms with Gasteiger partial charge in [-0.15, -0.1) is 0 Å². The number of rotatable bonds is 5. The number of Topliss-reactive ketones (excluding diaryl/α,β-unsaturated/α-hetero) is 1. The van der Waals surface area contributed by atoms with E-state index in [0.717, 1.165) is 29.8 Å². The van der Waals surface area contributed by atoms with Crippen LogP contribution in [0.4, 0.5) is 13.2 Å². The summed E-state index contributed by atoms with van der Waals surface area (Å²) in [4.78, 5) is 41.8. The lowest BCUT2D eigenvalue weighted by Crippen LogP contribution is -2.56. The number of carbonyl (C=O) groups excluding carboxylic acids is 3. The number of aryl methyl sites for hydroxylation is 1. The summed E-state index contributed by atoms with van der Waals surface area (Å²) in [6.45, 7) is 5.85. The maximum atomic E-state index is 13.1. The summed E-state index contributed by atoms with van der Waals surface area (Å²) < 4.78 is 40.9. The summed E-state index contributed by atoms with van der Waals surface area (Å²) in [5.41, 5.74) is 2.87. The van der Waals surface area contributed by atoms with Crippen molar-refractivity contribution in [2.75, 3.05) is 39.3 Å². The highest BCUT2D eigenvalue weighted by Gasteiger charge is 2.48. The van der Waals surface area contributed by atoms with Crippen molar-refractivity contribution in [2.24, 2.45) is 0 Å². The van der Waals surface area contributed by atoms with Gasteiger partial charge in [-0.3, -0.25) is 19.3 Å². The van der Waals surface area contributed by atoms with E-state index in [0.29, 0.717) is 43.5 Å². The summed E-state index contributed by atoms with van der Waals surface area (Å²) in [7, 11) is 0. The van der Waals surface area contributed by atoms with Crippen molar-refractivity contribution in [1.82, 2.24) is 19.3 Å². The Morgan fingerprint density at radius 3 is 2.21 bits per heavy atom. The first-order chi connectivity index (χ1) is 16.1. The van der Waals surface area contributed by atoms with Gasteiger partial charge in [-0.2, -0.15) is 13.2 Å². The number of likely N-dealkylation sites (tertiary alicyclic amines) is 1. The van der Waals surface area contributed by atoms with E-state index in [9.17, 15) is 27.6 Å². The maximum Gasteiger partial charge on any atom is 0.471 e. The van der Waals surface area contributed by atoms with Crippen LogP contribution in [-0.2, 0) is 9.59 Å². The van der Waals surface area contributed by atoms with Crippen molar-refractivity contribution in [3.63, 3.8) is 0 Å². The van der Waals surface area contributed by atoms with Crippen LogP contribution < -0.4 is 0 Å². The number of ketones is 1. The molecule has 3 aliphatic rings. The molecule has 0 spiro atoms. The van der Waals surface area contributed by atoms with Crippen LogP contribution in [0, 0.1) is 13.8 Å². The monoisotopic (exact) mass is 482 g/mol. The lowest BCUT2D eigenvalue weighted by Gasteiger charge is -2.37. The summed E-state index contributed by atoms with van der Waals surface area (Å²) in [6.07, 6.45) is 0.380. The molecule has 10 heteroatoms. The molecule has 0 bridgehead atoms. The van der Waals surface area contributed by atoms with Gasteiger partial charge in [0.15, 0.2) is 5.78 Å². The van der Waals surface area contributed by atoms with Gasteiger partial charge in [0.2, 0.25) is 5.91 Å². The Balaban J connectivity index is 1.33. The quantitative estimate of drug-likeness (QED) is 0.605. The number of alkyl halides is 3. The molecule has 34 heavy (non-hydrogen) atoms. The second-order valence-corrected chi connectivity index (χ2v) is 9.77. The minimum absolute atomic E-state index is 0.0508. The standard InChI is InChI=1S/C24H33F3N4O3/c1-16-14-19(17(2)31(16)18-6-3-4-7-18)21(32)15-28-10-12-29(13-11-28)22(33)20-8-5-9-30(20)23(34)24(25,26)27/h14,18,20H,3-13,15H2,1-2H3. The molecule has 0 radical (unpaired) electrons. The smallest absolute Gasteiger partial charge is 0.345 e. The van der Waals surface area contributed by atoms with Crippen LogP contribution in [-0.4, -0.2) is 88.4 Å². The molecule has 4 rings (SSSR count). The van der Waals surface area contributed by atoms with Gasteiger partial charge >= 0.3 is 12.1 Å². The van der Waals surface area contributed by atoms with Crippen LogP contribution in [0.3, 0.4) is 0 Å². The van der Waals surface area contributed by atoms with Crippen molar-refractivity contribution in [3.8, 4) is 0 Å². The first-order valence-corrected chi connectivity index (χ1v) is 12.2. The second-order valence-electron chi connectivity index (χ2n) is 9.77. The van der Waals surface area contributed by atoms with Gasteiger partial charge in [0.1, 0.15) is 6.04 Å². The van der Waals surface area contributed by atoms with Crippen LogP contribution in [0.15, 0.2) is 6.07 Å². The molecule has 3 heterocycles. The molecule has 1 atom stereocenters. The fourth-order valence-electron chi connectivity index (χ4n) is 5.84. The van der Waals surface area contributed by atoms with Crippen LogP contribution in [0.25, 0.3) is 0 Å². The van der Waals surface area contributed by atoms with Gasteiger partial charge in [-0.25, -0.2) is 0 Å². The number of piperazine rings is 1. The molecule has 2 aliphatic heterocycles. The van der Waals surface area contributed by atoms with Gasteiger partial charge in [0, 0.05) is 55.7 Å². The number of amides is 2. The Hall–Kier alpha value is -2.36. The summed E-state index contributed by atoms with van der Waals surface area (Å²) in [5.74, 6) is -2.32. The molecular formula is C24H33F3N4O3. The molecule has 3 fully saturated rings. The van der Waals surface area contributed by atoms with Crippen LogP contribution >= 0.6 is 0 Å². The second kappa shape index (κ2) is 9.71. The van der Waals surface area contributed by atoms with E-state index in [1.54, 1.807) is 0 Å². The number of hydrogen-bond donors (Lipinski definition) is 0. The number of halogens is 3. The van der Waals surface area contributed by atoms with Crippen molar-refractivity contribution in [1.29, 1.82) is 0 Å². The fourth-order valence-corrected chi connectivity index (χ4v) is 5.84. The van der Waals surface area contributed by atoms with E-state index in [1.165, 1.54) is 17.7 Å². The zero-order valence-corrected chi connectivity index (χ0v) is 19.9. The van der Waals surface area contributed by atoms with Crippen molar-refractivity contribution < 1.29 is 27.6 Å². The lowest BCUT2D eigenvalue weighted by atomic mass is 10.1. The third-order valence-electron chi connectivity index (χ3n) is 7.57. The first-order valence-electron chi connectivity index (χ1n) is 12.2. The Labute approximate surface area is 197 Å². The molecule has 0 aromatic carbocycles. The number of hydrogen-bond acceptors (Lipinski definition) is 4. The van der Waals surface area contributed by atoms with E-state index < -0.39 is 24.0 Å². The Bertz CT molecular complexity index is 944. The van der Waals surface area contributed by atoms with Crippen LogP contribution in [0.1, 0.15) is 66.3 Å². The normalized spacial score (nSPS) is 22.6. The molecule has 1 aromatic rings. The summed E-state index contributed by atoms with van der Waals surface area (Å²) in [5, 5.41) is 0. The lowest BCUT2D eigenvalue weighted by molar-refractivity contribution is -0.187. The third-order valence-corrected chi connectivity index (χ3v) is 7.57. The topological polar surface area (TPSA) is 65.9 Å². The molecule has 0 N–H and O–H groups in total. The van der Waals surface area contributed by atoms with Crippen LogP contribution in [0.2, 0.25) is 0 Å². The average molecular weight is 483 g/mol. The molecule has 1 unspecified atom stereocenters. The molecule has 188 valence electrons. The summed E-state index contributed by atoms with van der Waals surface area (Å²) in [6, 6.07) is 1.39. The predicted molar refractivity (Wildman–Crippen MR) is 120 cm³/mol. The molecule has 1 aliphatic carbocycles. The highest BCUT2D eigenvalue weighted by atomic mass is 19.4. The zero-order chi connectivity index (χ0) is 24.6.